The zero-order valence-electron chi connectivity index (χ0n) is 12.6. The van der Waals surface area contributed by atoms with Gasteiger partial charge in [0.15, 0.2) is 0 Å². The minimum atomic E-state index is -0.384. The van der Waals surface area contributed by atoms with Crippen molar-refractivity contribution in [3.8, 4) is 0 Å². The van der Waals surface area contributed by atoms with E-state index < -0.39 is 0 Å². The summed E-state index contributed by atoms with van der Waals surface area (Å²) in [6.45, 7) is 9.19. The molecule has 1 spiro atoms. The van der Waals surface area contributed by atoms with Crippen molar-refractivity contribution in [2.45, 2.75) is 64.0 Å². The van der Waals surface area contributed by atoms with Gasteiger partial charge >= 0.3 is 5.97 Å². The summed E-state index contributed by atoms with van der Waals surface area (Å²) in [5.74, 6) is -0.0839. The summed E-state index contributed by atoms with van der Waals surface area (Å²) in [5.41, 5.74) is -0.182. The number of piperazine rings is 1. The smallest absolute Gasteiger partial charge is 0.320 e. The van der Waals surface area contributed by atoms with Gasteiger partial charge in [0.05, 0.1) is 6.54 Å². The van der Waals surface area contributed by atoms with Crippen LogP contribution in [0, 0.1) is 0 Å². The van der Waals surface area contributed by atoms with Gasteiger partial charge in [-0.3, -0.25) is 9.69 Å². The van der Waals surface area contributed by atoms with E-state index in [1.807, 2.05) is 20.8 Å². The van der Waals surface area contributed by atoms with Crippen LogP contribution in [0.1, 0.15) is 52.9 Å². The van der Waals surface area contributed by atoms with Crippen molar-refractivity contribution in [2.24, 2.45) is 0 Å². The highest BCUT2D eigenvalue weighted by Crippen LogP contribution is 2.34. The second-order valence-electron chi connectivity index (χ2n) is 6.97. The molecule has 0 unspecified atom stereocenters. The summed E-state index contributed by atoms with van der Waals surface area (Å²) >= 11 is 0. The number of rotatable bonds is 2. The van der Waals surface area contributed by atoms with Gasteiger partial charge in [-0.2, -0.15) is 0 Å². The molecule has 0 aromatic heterocycles. The second-order valence-corrected chi connectivity index (χ2v) is 6.97. The van der Waals surface area contributed by atoms with Crippen LogP contribution >= 0.6 is 0 Å². The zero-order valence-corrected chi connectivity index (χ0v) is 12.6. The van der Waals surface area contributed by atoms with E-state index in [1.54, 1.807) is 0 Å². The lowest BCUT2D eigenvalue weighted by Crippen LogP contribution is -2.63. The molecule has 19 heavy (non-hydrogen) atoms. The van der Waals surface area contributed by atoms with Crippen LogP contribution in [0.4, 0.5) is 0 Å². The monoisotopic (exact) mass is 268 g/mol. The molecule has 0 aromatic carbocycles. The van der Waals surface area contributed by atoms with Crippen LogP contribution in [0.15, 0.2) is 0 Å². The highest BCUT2D eigenvalue weighted by molar-refractivity contribution is 5.72. The summed E-state index contributed by atoms with van der Waals surface area (Å²) in [6.07, 6.45) is 6.33. The van der Waals surface area contributed by atoms with Gasteiger partial charge < -0.3 is 10.1 Å². The first-order valence-electron chi connectivity index (χ1n) is 7.59. The molecule has 0 radical (unpaired) electrons. The highest BCUT2D eigenvalue weighted by atomic mass is 16.6. The van der Waals surface area contributed by atoms with E-state index in [-0.39, 0.29) is 17.1 Å². The third kappa shape index (κ3) is 3.93. The molecule has 4 heteroatoms. The Bertz CT molecular complexity index is 308. The first-order valence-corrected chi connectivity index (χ1v) is 7.59. The molecule has 110 valence electrons. The third-order valence-electron chi connectivity index (χ3n) is 4.21. The fourth-order valence-corrected chi connectivity index (χ4v) is 3.36. The standard InChI is InChI=1S/C15H28N2O2/c1-14(2,3)19-13(18)11-17-10-9-16-12-15(17)7-5-4-6-8-15/h16H,4-12H2,1-3H3. The summed E-state index contributed by atoms with van der Waals surface area (Å²) in [6, 6.07) is 0. The lowest BCUT2D eigenvalue weighted by Gasteiger charge is -2.49. The summed E-state index contributed by atoms with van der Waals surface area (Å²) in [7, 11) is 0. The highest BCUT2D eigenvalue weighted by Gasteiger charge is 2.40. The van der Waals surface area contributed by atoms with E-state index in [9.17, 15) is 4.79 Å². The van der Waals surface area contributed by atoms with E-state index in [1.165, 1.54) is 32.1 Å². The summed E-state index contributed by atoms with van der Waals surface area (Å²) in [5, 5.41) is 3.50. The Kier molecular flexibility index (Phi) is 4.51. The van der Waals surface area contributed by atoms with Gasteiger partial charge in [0, 0.05) is 25.2 Å². The Morgan fingerprint density at radius 1 is 1.26 bits per heavy atom. The molecule has 2 aliphatic rings. The van der Waals surface area contributed by atoms with Crippen molar-refractivity contribution >= 4 is 5.97 Å². The van der Waals surface area contributed by atoms with Crippen LogP contribution in [-0.2, 0) is 9.53 Å². The van der Waals surface area contributed by atoms with Crippen molar-refractivity contribution in [1.29, 1.82) is 0 Å². The van der Waals surface area contributed by atoms with E-state index >= 15 is 0 Å². The van der Waals surface area contributed by atoms with Gasteiger partial charge in [-0.25, -0.2) is 0 Å². The van der Waals surface area contributed by atoms with Crippen molar-refractivity contribution in [3.63, 3.8) is 0 Å². The van der Waals surface area contributed by atoms with Gasteiger partial charge in [0.25, 0.3) is 0 Å². The maximum Gasteiger partial charge on any atom is 0.320 e. The number of carbonyl (C=O) groups excluding carboxylic acids is 1. The van der Waals surface area contributed by atoms with Crippen LogP contribution in [0.5, 0.6) is 0 Å². The molecular formula is C15H28N2O2. The summed E-state index contributed by atoms with van der Waals surface area (Å²) < 4.78 is 5.47. The molecular weight excluding hydrogens is 240 g/mol. The minimum Gasteiger partial charge on any atom is -0.459 e. The molecule has 0 amide bonds. The van der Waals surface area contributed by atoms with Crippen LogP contribution in [0.25, 0.3) is 0 Å². The Morgan fingerprint density at radius 2 is 1.95 bits per heavy atom. The average Bonchev–Trinajstić information content (AvgIpc) is 2.31. The third-order valence-corrected chi connectivity index (χ3v) is 4.21. The predicted molar refractivity (Wildman–Crippen MR) is 76.1 cm³/mol. The van der Waals surface area contributed by atoms with E-state index in [0.717, 1.165) is 19.6 Å². The lowest BCUT2D eigenvalue weighted by atomic mass is 9.79. The Hall–Kier alpha value is -0.610. The number of hydrogen-bond donors (Lipinski definition) is 1. The summed E-state index contributed by atoms with van der Waals surface area (Å²) in [4.78, 5) is 14.4. The normalized spacial score (nSPS) is 24.4. The first-order chi connectivity index (χ1) is 8.91. The van der Waals surface area contributed by atoms with Crippen LogP contribution in [0.3, 0.4) is 0 Å². The van der Waals surface area contributed by atoms with E-state index in [0.29, 0.717) is 6.54 Å². The van der Waals surface area contributed by atoms with E-state index in [4.69, 9.17) is 4.74 Å². The number of esters is 1. The topological polar surface area (TPSA) is 41.6 Å². The average molecular weight is 268 g/mol. The molecule has 1 saturated heterocycles. The molecule has 1 aliphatic heterocycles. The number of carbonyl (C=O) groups is 1. The Morgan fingerprint density at radius 3 is 2.58 bits per heavy atom. The largest absolute Gasteiger partial charge is 0.459 e. The zero-order chi connectivity index (χ0) is 13.9. The minimum absolute atomic E-state index is 0.0839. The fourth-order valence-electron chi connectivity index (χ4n) is 3.36. The van der Waals surface area contributed by atoms with E-state index in [2.05, 4.69) is 10.2 Å². The molecule has 1 N–H and O–H groups in total. The predicted octanol–water partition coefficient (Wildman–Crippen LogP) is 1.94. The van der Waals surface area contributed by atoms with Crippen LogP contribution in [0.2, 0.25) is 0 Å². The number of nitrogens with one attached hydrogen (secondary N) is 1. The van der Waals surface area contributed by atoms with Gasteiger partial charge in [-0.1, -0.05) is 19.3 Å². The molecule has 4 nitrogen and oxygen atoms in total. The Labute approximate surface area is 116 Å². The first kappa shape index (κ1) is 14.8. The maximum absolute atomic E-state index is 12.1. The van der Waals surface area contributed by atoms with Gasteiger partial charge in [0.2, 0.25) is 0 Å². The Balaban J connectivity index is 1.98. The molecule has 0 aromatic rings. The molecule has 1 saturated carbocycles. The van der Waals surface area contributed by atoms with Crippen LogP contribution < -0.4 is 5.32 Å². The molecule has 0 bridgehead atoms. The van der Waals surface area contributed by atoms with Crippen molar-refractivity contribution in [1.82, 2.24) is 10.2 Å². The van der Waals surface area contributed by atoms with Gasteiger partial charge in [0.1, 0.15) is 5.60 Å². The van der Waals surface area contributed by atoms with Crippen LogP contribution in [-0.4, -0.2) is 48.2 Å². The van der Waals surface area contributed by atoms with Gasteiger partial charge in [-0.05, 0) is 33.6 Å². The quantitative estimate of drug-likeness (QED) is 0.777. The molecule has 1 heterocycles. The molecule has 2 fully saturated rings. The number of nitrogens with zero attached hydrogens (tertiary/aromatic N) is 1. The second kappa shape index (κ2) is 5.80. The molecule has 1 aliphatic carbocycles. The molecule has 2 rings (SSSR count). The van der Waals surface area contributed by atoms with Crippen molar-refractivity contribution < 1.29 is 9.53 Å². The number of hydrogen-bond acceptors (Lipinski definition) is 4. The SMILES string of the molecule is CC(C)(C)OC(=O)CN1CCNCC12CCCCC2. The number of ether oxygens (including phenoxy) is 1. The fraction of sp³-hybridized carbons (Fsp3) is 0.933. The molecule has 0 atom stereocenters. The van der Waals surface area contributed by atoms with Crippen molar-refractivity contribution in [3.05, 3.63) is 0 Å². The lowest BCUT2D eigenvalue weighted by molar-refractivity contribution is -0.158. The van der Waals surface area contributed by atoms with Crippen molar-refractivity contribution in [2.75, 3.05) is 26.2 Å². The maximum atomic E-state index is 12.1. The van der Waals surface area contributed by atoms with Gasteiger partial charge in [-0.15, -0.1) is 0 Å².